The number of rotatable bonds is 12. The fourth-order valence-electron chi connectivity index (χ4n) is 2.65. The Bertz CT molecular complexity index is 928. The number of ether oxygens (including phenoxy) is 1. The highest BCUT2D eigenvalue weighted by molar-refractivity contribution is 8.00. The molecule has 0 atom stereocenters. The molecule has 0 spiro atoms. The van der Waals surface area contributed by atoms with Crippen molar-refractivity contribution in [3.8, 4) is 0 Å². The lowest BCUT2D eigenvalue weighted by Gasteiger charge is -2.24. The number of anilines is 2. The van der Waals surface area contributed by atoms with Crippen molar-refractivity contribution in [1.82, 2.24) is 0 Å². The summed E-state index contributed by atoms with van der Waals surface area (Å²) in [5, 5.41) is 5.34. The molecule has 2 amide bonds. The first-order valence-corrected chi connectivity index (χ1v) is 12.5. The summed E-state index contributed by atoms with van der Waals surface area (Å²) >= 11 is 1.48. The van der Waals surface area contributed by atoms with Gasteiger partial charge < -0.3 is 15.4 Å². The summed E-state index contributed by atoms with van der Waals surface area (Å²) in [6, 6.07) is 6.54. The van der Waals surface area contributed by atoms with E-state index in [9.17, 15) is 27.4 Å². The number of nitrogens with one attached hydrogen (secondary N) is 2. The Hall–Kier alpha value is -2.11. The monoisotopic (exact) mass is 488 g/mol. The summed E-state index contributed by atoms with van der Waals surface area (Å²) in [4.78, 5) is 36.4. The van der Waals surface area contributed by atoms with Crippen LogP contribution in [0.1, 0.15) is 53.9 Å². The molecule has 0 unspecified atom stereocenters. The molecular formula is C21H32N2O7S2. The smallest absolute Gasteiger partial charge is 0.306 e. The lowest BCUT2D eigenvalue weighted by molar-refractivity contribution is -0.142. The summed E-state index contributed by atoms with van der Waals surface area (Å²) in [6.07, 6.45) is -0.0326. The van der Waals surface area contributed by atoms with Gasteiger partial charge in [-0.05, 0) is 32.9 Å². The molecule has 3 N–H and O–H groups in total. The van der Waals surface area contributed by atoms with Crippen molar-refractivity contribution < 1.29 is 32.1 Å². The Balaban J connectivity index is 2.72. The molecule has 0 aromatic heterocycles. The lowest BCUT2D eigenvalue weighted by Crippen LogP contribution is -2.36. The summed E-state index contributed by atoms with van der Waals surface area (Å²) < 4.78 is 34.9. The predicted octanol–water partition coefficient (Wildman–Crippen LogP) is 3.48. The number of amides is 2. The van der Waals surface area contributed by atoms with E-state index in [1.165, 1.54) is 25.6 Å². The minimum absolute atomic E-state index is 0.165. The molecule has 0 heterocycles. The van der Waals surface area contributed by atoms with Gasteiger partial charge in [-0.15, -0.1) is 0 Å². The fraction of sp³-hybridized carbons (Fsp3) is 0.571. The molecule has 1 aromatic carbocycles. The molecule has 0 aliphatic heterocycles. The van der Waals surface area contributed by atoms with Crippen LogP contribution >= 0.6 is 11.8 Å². The van der Waals surface area contributed by atoms with Crippen molar-refractivity contribution in [2.45, 2.75) is 63.4 Å². The zero-order valence-electron chi connectivity index (χ0n) is 19.1. The molecule has 180 valence electrons. The van der Waals surface area contributed by atoms with E-state index in [0.717, 1.165) is 0 Å². The van der Waals surface area contributed by atoms with Gasteiger partial charge in [0.1, 0.15) is 4.75 Å². The Morgan fingerprint density at radius 3 is 1.97 bits per heavy atom. The fourth-order valence-corrected chi connectivity index (χ4v) is 4.02. The average molecular weight is 489 g/mol. The van der Waals surface area contributed by atoms with E-state index in [2.05, 4.69) is 10.6 Å². The number of para-hydroxylation sites is 2. The second-order valence-electron chi connectivity index (χ2n) is 8.39. The zero-order valence-corrected chi connectivity index (χ0v) is 20.7. The van der Waals surface area contributed by atoms with E-state index in [1.54, 1.807) is 31.2 Å². The van der Waals surface area contributed by atoms with Crippen LogP contribution in [0, 0.1) is 0 Å². The molecule has 0 fully saturated rings. The molecular weight excluding hydrogens is 456 g/mol. The van der Waals surface area contributed by atoms with Crippen LogP contribution in [0.3, 0.4) is 0 Å². The van der Waals surface area contributed by atoms with Crippen molar-refractivity contribution >= 4 is 51.0 Å². The Labute approximate surface area is 193 Å². The number of hydrogen-bond donors (Lipinski definition) is 3. The SMILES string of the molecule is CCOC(=O)CCSC(C)(C)CC(=O)Nc1ccccc1NC(=O)CC(C)(C)S(=O)(=O)O. The van der Waals surface area contributed by atoms with E-state index < -0.39 is 31.9 Å². The Morgan fingerprint density at radius 1 is 1.00 bits per heavy atom. The van der Waals surface area contributed by atoms with Crippen LogP contribution in [0.15, 0.2) is 24.3 Å². The number of benzene rings is 1. The molecule has 0 aliphatic carbocycles. The zero-order chi connectivity index (χ0) is 24.6. The topological polar surface area (TPSA) is 139 Å². The van der Waals surface area contributed by atoms with Gasteiger partial charge >= 0.3 is 5.97 Å². The number of carbonyl (C=O) groups excluding carboxylic acids is 3. The van der Waals surface area contributed by atoms with E-state index in [1.807, 2.05) is 13.8 Å². The first-order valence-electron chi connectivity index (χ1n) is 10.1. The van der Waals surface area contributed by atoms with E-state index in [-0.39, 0.29) is 24.7 Å². The van der Waals surface area contributed by atoms with Crippen molar-refractivity contribution in [3.63, 3.8) is 0 Å². The molecule has 0 aliphatic rings. The van der Waals surface area contributed by atoms with Gasteiger partial charge in [0.2, 0.25) is 11.8 Å². The summed E-state index contributed by atoms with van der Waals surface area (Å²) in [6.45, 7) is 8.36. The maximum absolute atomic E-state index is 12.6. The molecule has 0 bridgehead atoms. The van der Waals surface area contributed by atoms with Gasteiger partial charge in [-0.3, -0.25) is 18.9 Å². The van der Waals surface area contributed by atoms with Gasteiger partial charge in [-0.2, -0.15) is 20.2 Å². The lowest BCUT2D eigenvalue weighted by atomic mass is 10.1. The van der Waals surface area contributed by atoms with Gasteiger partial charge in [0.05, 0.1) is 24.4 Å². The highest BCUT2D eigenvalue weighted by Crippen LogP contribution is 2.30. The second-order valence-corrected chi connectivity index (χ2v) is 12.3. The Kier molecular flexibility index (Phi) is 10.2. The van der Waals surface area contributed by atoms with Crippen molar-refractivity contribution in [3.05, 3.63) is 24.3 Å². The van der Waals surface area contributed by atoms with Crippen LogP contribution in [0.5, 0.6) is 0 Å². The van der Waals surface area contributed by atoms with Gasteiger partial charge in [-0.25, -0.2) is 0 Å². The van der Waals surface area contributed by atoms with E-state index in [4.69, 9.17) is 4.74 Å². The van der Waals surface area contributed by atoms with Crippen LogP contribution in [-0.2, 0) is 29.2 Å². The third kappa shape index (κ3) is 9.58. The summed E-state index contributed by atoms with van der Waals surface area (Å²) in [5.74, 6) is -0.653. The first-order chi connectivity index (χ1) is 14.7. The minimum atomic E-state index is -4.42. The van der Waals surface area contributed by atoms with Crippen molar-refractivity contribution in [2.24, 2.45) is 0 Å². The molecule has 11 heteroatoms. The average Bonchev–Trinajstić information content (AvgIpc) is 2.61. The predicted molar refractivity (Wildman–Crippen MR) is 126 cm³/mol. The highest BCUT2D eigenvalue weighted by atomic mass is 32.2. The molecule has 0 saturated carbocycles. The number of hydrogen-bond acceptors (Lipinski definition) is 7. The normalized spacial score (nSPS) is 12.2. The maximum Gasteiger partial charge on any atom is 0.306 e. The van der Waals surface area contributed by atoms with Crippen molar-refractivity contribution in [2.75, 3.05) is 23.0 Å². The maximum atomic E-state index is 12.6. The van der Waals surface area contributed by atoms with Crippen LogP contribution in [0.2, 0.25) is 0 Å². The highest BCUT2D eigenvalue weighted by Gasteiger charge is 2.35. The summed E-state index contributed by atoms with van der Waals surface area (Å²) in [7, 11) is -4.42. The number of carbonyl (C=O) groups is 3. The van der Waals surface area contributed by atoms with Gasteiger partial charge in [-0.1, -0.05) is 26.0 Å². The third-order valence-electron chi connectivity index (χ3n) is 4.45. The van der Waals surface area contributed by atoms with Gasteiger partial charge in [0, 0.05) is 23.3 Å². The van der Waals surface area contributed by atoms with Gasteiger partial charge in [0.15, 0.2) is 0 Å². The Morgan fingerprint density at radius 2 is 1.50 bits per heavy atom. The van der Waals surface area contributed by atoms with Crippen LogP contribution in [0.4, 0.5) is 11.4 Å². The van der Waals surface area contributed by atoms with E-state index >= 15 is 0 Å². The number of thioether (sulfide) groups is 1. The molecule has 1 rings (SSSR count). The second kappa shape index (κ2) is 11.7. The number of esters is 1. The molecule has 32 heavy (non-hydrogen) atoms. The van der Waals surface area contributed by atoms with Crippen LogP contribution in [0.25, 0.3) is 0 Å². The minimum Gasteiger partial charge on any atom is -0.466 e. The van der Waals surface area contributed by atoms with Crippen molar-refractivity contribution in [1.29, 1.82) is 0 Å². The van der Waals surface area contributed by atoms with E-state index in [0.29, 0.717) is 23.7 Å². The molecule has 1 aromatic rings. The third-order valence-corrected chi connectivity index (χ3v) is 7.33. The summed E-state index contributed by atoms with van der Waals surface area (Å²) in [5.41, 5.74) is 0.674. The first kappa shape index (κ1) is 27.9. The molecule has 9 nitrogen and oxygen atoms in total. The van der Waals surface area contributed by atoms with Crippen LogP contribution < -0.4 is 10.6 Å². The van der Waals surface area contributed by atoms with Gasteiger partial charge in [0.25, 0.3) is 10.1 Å². The van der Waals surface area contributed by atoms with Crippen LogP contribution in [-0.4, -0.2) is 52.6 Å². The standard InChI is InChI=1S/C21H32N2O7S2/c1-6-30-19(26)11-12-31-20(2,3)13-17(24)22-15-9-7-8-10-16(15)23-18(25)14-21(4,5)32(27,28)29/h7-10H,6,11-14H2,1-5H3,(H,22,24)(H,23,25)(H,27,28,29). The molecule has 0 radical (unpaired) electrons. The molecule has 0 saturated heterocycles. The largest absolute Gasteiger partial charge is 0.466 e. The quantitative estimate of drug-likeness (QED) is 0.300.